The Morgan fingerprint density at radius 1 is 1.19 bits per heavy atom. The first-order valence-electron chi connectivity index (χ1n) is 8.65. The maximum absolute atomic E-state index is 11.7. The summed E-state index contributed by atoms with van der Waals surface area (Å²) in [6.07, 6.45) is 2.24. The number of thiazole rings is 1. The monoisotopic (exact) mass is 392 g/mol. The number of nitrogens with one attached hydrogen (secondary N) is 1. The van der Waals surface area contributed by atoms with Crippen molar-refractivity contribution >= 4 is 46.3 Å². The van der Waals surface area contributed by atoms with Crippen LogP contribution in [0.5, 0.6) is 5.75 Å². The molecule has 134 valence electrons. The second-order valence-electron chi connectivity index (χ2n) is 6.46. The van der Waals surface area contributed by atoms with Gasteiger partial charge in [0.1, 0.15) is 10.8 Å². The number of benzene rings is 2. The number of anilines is 1. The molecule has 0 saturated heterocycles. The van der Waals surface area contributed by atoms with Gasteiger partial charge in [-0.25, -0.2) is 4.98 Å². The van der Waals surface area contributed by atoms with Crippen LogP contribution in [0, 0.1) is 6.92 Å². The number of hydrogen-bond donors (Lipinski definition) is 1. The van der Waals surface area contributed by atoms with Crippen LogP contribution in [0.15, 0.2) is 53.6 Å². The topological polar surface area (TPSA) is 51.2 Å². The predicted molar refractivity (Wildman–Crippen MR) is 110 cm³/mol. The van der Waals surface area contributed by atoms with Gasteiger partial charge in [-0.15, -0.1) is 11.3 Å². The molecule has 1 aromatic heterocycles. The SMILES string of the molecule is Cc1nc2c(s1)C=C(c1ccc3c(c1)NC(=O)CO3)C(c1ccccc1)S2. The first kappa shape index (κ1) is 16.6. The Kier molecular flexibility index (Phi) is 4.02. The summed E-state index contributed by atoms with van der Waals surface area (Å²) in [4.78, 5) is 17.6. The Morgan fingerprint density at radius 3 is 2.89 bits per heavy atom. The summed E-state index contributed by atoms with van der Waals surface area (Å²) in [6.45, 7) is 2.11. The van der Waals surface area contributed by atoms with Crippen LogP contribution >= 0.6 is 23.1 Å². The number of hydrogen-bond acceptors (Lipinski definition) is 5. The largest absolute Gasteiger partial charge is 0.482 e. The Hall–Kier alpha value is -2.57. The molecule has 0 fully saturated rings. The summed E-state index contributed by atoms with van der Waals surface area (Å²) in [5, 5.41) is 5.22. The Bertz CT molecular complexity index is 1070. The van der Waals surface area contributed by atoms with Gasteiger partial charge in [-0.2, -0.15) is 0 Å². The van der Waals surface area contributed by atoms with Gasteiger partial charge in [0, 0.05) is 0 Å². The molecule has 1 atom stereocenters. The lowest BCUT2D eigenvalue weighted by Crippen LogP contribution is -2.25. The van der Waals surface area contributed by atoms with Crippen LogP contribution in [-0.2, 0) is 4.79 Å². The minimum absolute atomic E-state index is 0.0705. The van der Waals surface area contributed by atoms with E-state index in [0.29, 0.717) is 5.75 Å². The van der Waals surface area contributed by atoms with E-state index in [4.69, 9.17) is 9.72 Å². The highest BCUT2D eigenvalue weighted by atomic mass is 32.2. The summed E-state index contributed by atoms with van der Waals surface area (Å²) >= 11 is 3.50. The Morgan fingerprint density at radius 2 is 2.04 bits per heavy atom. The van der Waals surface area contributed by atoms with Crippen LogP contribution in [0.3, 0.4) is 0 Å². The minimum Gasteiger partial charge on any atom is -0.482 e. The van der Waals surface area contributed by atoms with Crippen LogP contribution in [0.1, 0.15) is 26.3 Å². The van der Waals surface area contributed by atoms with E-state index in [1.807, 2.05) is 25.1 Å². The fraction of sp³-hybridized carbons (Fsp3) is 0.143. The molecule has 2 aromatic carbocycles. The van der Waals surface area contributed by atoms with Crippen molar-refractivity contribution in [2.45, 2.75) is 17.2 Å². The third-order valence-electron chi connectivity index (χ3n) is 4.57. The number of carbonyl (C=O) groups excluding carboxylic acids is 1. The van der Waals surface area contributed by atoms with Crippen LogP contribution in [-0.4, -0.2) is 17.5 Å². The van der Waals surface area contributed by atoms with E-state index in [1.165, 1.54) is 16.0 Å². The minimum atomic E-state index is -0.119. The molecule has 0 saturated carbocycles. The molecule has 3 aromatic rings. The van der Waals surface area contributed by atoms with Gasteiger partial charge in [0.25, 0.3) is 5.91 Å². The Balaban J connectivity index is 1.64. The van der Waals surface area contributed by atoms with Gasteiger partial charge in [0.2, 0.25) is 0 Å². The molecule has 0 aliphatic carbocycles. The number of nitrogens with zero attached hydrogens (tertiary/aromatic N) is 1. The fourth-order valence-corrected chi connectivity index (χ4v) is 5.68. The molecule has 0 spiro atoms. The maximum atomic E-state index is 11.7. The molecule has 0 bridgehead atoms. The maximum Gasteiger partial charge on any atom is 0.262 e. The smallest absolute Gasteiger partial charge is 0.262 e. The van der Waals surface area contributed by atoms with E-state index < -0.39 is 0 Å². The van der Waals surface area contributed by atoms with Gasteiger partial charge >= 0.3 is 0 Å². The van der Waals surface area contributed by atoms with Crippen LogP contribution in [0.25, 0.3) is 11.6 Å². The molecule has 27 heavy (non-hydrogen) atoms. The van der Waals surface area contributed by atoms with Crippen molar-refractivity contribution in [1.82, 2.24) is 4.98 Å². The molecular weight excluding hydrogens is 376 g/mol. The summed E-state index contributed by atoms with van der Waals surface area (Å²) in [5.41, 5.74) is 4.26. The normalized spacial score (nSPS) is 18.0. The summed E-state index contributed by atoms with van der Waals surface area (Å²) < 4.78 is 5.50. The first-order chi connectivity index (χ1) is 13.2. The number of aryl methyl sites for hydroxylation is 1. The standard InChI is InChI=1S/C21H16N2O2S2/c1-12-22-21-18(26-12)10-15(20(27-21)13-5-3-2-4-6-13)14-7-8-17-16(9-14)23-19(24)11-25-17/h2-10,20H,11H2,1H3,(H,23,24). The van der Waals surface area contributed by atoms with E-state index in [9.17, 15) is 4.79 Å². The average molecular weight is 393 g/mol. The van der Waals surface area contributed by atoms with Crippen LogP contribution in [0.4, 0.5) is 5.69 Å². The zero-order valence-electron chi connectivity index (χ0n) is 14.6. The van der Waals surface area contributed by atoms with Gasteiger partial charge in [-0.3, -0.25) is 4.79 Å². The van der Waals surface area contributed by atoms with Crippen molar-refractivity contribution in [2.24, 2.45) is 0 Å². The summed E-state index contributed by atoms with van der Waals surface area (Å²) in [5.74, 6) is 0.597. The lowest BCUT2D eigenvalue weighted by molar-refractivity contribution is -0.118. The fourth-order valence-electron chi connectivity index (χ4n) is 3.36. The number of ether oxygens (including phenoxy) is 1. The highest BCUT2D eigenvalue weighted by Crippen LogP contribution is 2.52. The molecule has 4 nitrogen and oxygen atoms in total. The summed E-state index contributed by atoms with van der Waals surface area (Å²) in [7, 11) is 0. The van der Waals surface area contributed by atoms with Crippen molar-refractivity contribution in [3.05, 3.63) is 69.5 Å². The van der Waals surface area contributed by atoms with Crippen molar-refractivity contribution < 1.29 is 9.53 Å². The zero-order chi connectivity index (χ0) is 18.4. The lowest BCUT2D eigenvalue weighted by atomic mass is 9.95. The van der Waals surface area contributed by atoms with Gasteiger partial charge in [-0.05, 0) is 41.8 Å². The highest BCUT2D eigenvalue weighted by Gasteiger charge is 2.28. The first-order valence-corrected chi connectivity index (χ1v) is 10.3. The van der Waals surface area contributed by atoms with Gasteiger partial charge in [0.05, 0.1) is 20.8 Å². The summed E-state index contributed by atoms with van der Waals surface area (Å²) in [6, 6.07) is 16.5. The molecule has 3 heterocycles. The molecule has 5 rings (SSSR count). The van der Waals surface area contributed by atoms with Gasteiger partial charge in [-0.1, -0.05) is 48.2 Å². The molecule has 1 unspecified atom stereocenters. The number of fused-ring (bicyclic) bond motifs is 2. The molecule has 1 amide bonds. The van der Waals surface area contributed by atoms with E-state index >= 15 is 0 Å². The molecule has 2 aliphatic rings. The van der Waals surface area contributed by atoms with Crippen molar-refractivity contribution in [2.75, 3.05) is 11.9 Å². The zero-order valence-corrected chi connectivity index (χ0v) is 16.2. The van der Waals surface area contributed by atoms with Gasteiger partial charge in [0.15, 0.2) is 6.61 Å². The van der Waals surface area contributed by atoms with Gasteiger partial charge < -0.3 is 10.1 Å². The predicted octanol–water partition coefficient (Wildman–Crippen LogP) is 5.17. The van der Waals surface area contributed by atoms with Crippen molar-refractivity contribution in [3.8, 4) is 5.75 Å². The van der Waals surface area contributed by atoms with E-state index in [-0.39, 0.29) is 17.8 Å². The van der Waals surface area contributed by atoms with E-state index in [1.54, 1.807) is 23.1 Å². The lowest BCUT2D eigenvalue weighted by Gasteiger charge is -2.25. The van der Waals surface area contributed by atoms with Crippen LogP contribution < -0.4 is 10.1 Å². The second-order valence-corrected chi connectivity index (χ2v) is 8.79. The van der Waals surface area contributed by atoms with Crippen LogP contribution in [0.2, 0.25) is 0 Å². The molecule has 1 N–H and O–H groups in total. The van der Waals surface area contributed by atoms with Crippen molar-refractivity contribution in [1.29, 1.82) is 0 Å². The number of carbonyl (C=O) groups is 1. The van der Waals surface area contributed by atoms with Crippen molar-refractivity contribution in [3.63, 3.8) is 0 Å². The molecular formula is C21H16N2O2S2. The number of amides is 1. The highest BCUT2D eigenvalue weighted by molar-refractivity contribution is 8.00. The van der Waals surface area contributed by atoms with E-state index in [2.05, 4.69) is 41.7 Å². The number of thioether (sulfide) groups is 1. The number of aromatic nitrogens is 1. The molecule has 6 heteroatoms. The third-order valence-corrected chi connectivity index (χ3v) is 6.92. The Labute approximate surface area is 165 Å². The van der Waals surface area contributed by atoms with E-state index in [0.717, 1.165) is 21.3 Å². The molecule has 0 radical (unpaired) electrons. The third kappa shape index (κ3) is 3.05. The second kappa shape index (κ2) is 6.55. The quantitative estimate of drug-likeness (QED) is 0.654. The molecule has 2 aliphatic heterocycles. The number of rotatable bonds is 2. The average Bonchev–Trinajstić information content (AvgIpc) is 3.06.